The zero-order chi connectivity index (χ0) is 22.0. The normalized spacial score (nSPS) is 13.6. The molecule has 3 N–H and O–H groups in total. The minimum atomic E-state index is 0.184. The van der Waals surface area contributed by atoms with Gasteiger partial charge in [-0.05, 0) is 6.42 Å². The van der Waals surface area contributed by atoms with Crippen molar-refractivity contribution >= 4 is 34.5 Å². The maximum atomic E-state index is 11.9. The molecule has 0 spiro atoms. The number of nitrogen functional groups attached to an aromatic ring is 1. The van der Waals surface area contributed by atoms with Gasteiger partial charge in [0, 0.05) is 43.9 Å². The van der Waals surface area contributed by atoms with Gasteiger partial charge in [0.15, 0.2) is 23.0 Å². The van der Waals surface area contributed by atoms with Crippen LogP contribution in [0.4, 0.5) is 17.5 Å². The second-order valence-electron chi connectivity index (χ2n) is 7.07. The molecule has 2 aromatic heterocycles. The Morgan fingerprint density at radius 1 is 1.10 bits per heavy atom. The molecule has 31 heavy (non-hydrogen) atoms. The molecule has 1 amide bonds. The number of fused-ring (bicyclic) bond motifs is 1. The number of benzene rings is 1. The molecule has 0 radical (unpaired) electrons. The van der Waals surface area contributed by atoms with Crippen LogP contribution in [-0.2, 0) is 11.3 Å². The van der Waals surface area contributed by atoms with Crippen molar-refractivity contribution in [2.45, 2.75) is 19.4 Å². The van der Waals surface area contributed by atoms with Gasteiger partial charge >= 0.3 is 0 Å². The highest BCUT2D eigenvalue weighted by molar-refractivity contribution is 5.83. The van der Waals surface area contributed by atoms with E-state index in [1.165, 1.54) is 0 Å². The van der Waals surface area contributed by atoms with E-state index in [1.807, 2.05) is 9.47 Å². The van der Waals surface area contributed by atoms with Gasteiger partial charge in [0.25, 0.3) is 0 Å². The summed E-state index contributed by atoms with van der Waals surface area (Å²) >= 11 is 0. The zero-order valence-corrected chi connectivity index (χ0v) is 17.7. The molecule has 0 saturated carbocycles. The van der Waals surface area contributed by atoms with Gasteiger partial charge in [0.05, 0.1) is 27.7 Å². The van der Waals surface area contributed by atoms with Crippen LogP contribution < -0.4 is 25.3 Å². The van der Waals surface area contributed by atoms with Crippen LogP contribution in [0.15, 0.2) is 18.5 Å². The lowest BCUT2D eigenvalue weighted by atomic mass is 10.2. The second-order valence-corrected chi connectivity index (χ2v) is 7.07. The molecule has 0 atom stereocenters. The Hall–Kier alpha value is -3.76. The molecule has 11 nitrogen and oxygen atoms in total. The van der Waals surface area contributed by atoms with Crippen LogP contribution in [0.3, 0.4) is 0 Å². The maximum absolute atomic E-state index is 11.9. The number of methoxy groups -OCH3 is 3. The molecule has 1 aliphatic rings. The molecule has 1 saturated heterocycles. The topological polar surface area (TPSA) is 130 Å². The van der Waals surface area contributed by atoms with Crippen molar-refractivity contribution in [3.05, 3.63) is 18.5 Å². The van der Waals surface area contributed by atoms with Crippen molar-refractivity contribution in [1.82, 2.24) is 24.4 Å². The number of hydrogen-bond donors (Lipinski definition) is 2. The molecule has 1 fully saturated rings. The van der Waals surface area contributed by atoms with E-state index < -0.39 is 0 Å². The Bertz CT molecular complexity index is 1090. The first kappa shape index (κ1) is 20.5. The predicted octanol–water partition coefficient (Wildman–Crippen LogP) is 1.80. The Morgan fingerprint density at radius 3 is 2.45 bits per heavy atom. The molecular formula is C20H25N7O4. The highest BCUT2D eigenvalue weighted by Gasteiger charge is 2.20. The van der Waals surface area contributed by atoms with Gasteiger partial charge in [-0.25, -0.2) is 4.98 Å². The van der Waals surface area contributed by atoms with Crippen LogP contribution in [0.2, 0.25) is 0 Å². The molecule has 4 rings (SSSR count). The van der Waals surface area contributed by atoms with Crippen molar-refractivity contribution in [2.24, 2.45) is 0 Å². The molecule has 1 aliphatic heterocycles. The van der Waals surface area contributed by atoms with Gasteiger partial charge < -0.3 is 34.7 Å². The second kappa shape index (κ2) is 8.54. The van der Waals surface area contributed by atoms with Crippen molar-refractivity contribution in [1.29, 1.82) is 0 Å². The van der Waals surface area contributed by atoms with Gasteiger partial charge in [0.1, 0.15) is 5.52 Å². The van der Waals surface area contributed by atoms with E-state index in [2.05, 4.69) is 20.3 Å². The van der Waals surface area contributed by atoms with Gasteiger partial charge in [-0.15, -0.1) is 0 Å². The summed E-state index contributed by atoms with van der Waals surface area (Å²) in [4.78, 5) is 27.0. The largest absolute Gasteiger partial charge is 0.493 e. The lowest BCUT2D eigenvalue weighted by Gasteiger charge is -2.16. The number of likely N-dealkylation sites (tertiary alicyclic amines) is 1. The number of carbonyl (C=O) groups excluding carboxylic acids is 1. The monoisotopic (exact) mass is 427 g/mol. The number of nitrogens with one attached hydrogen (secondary N) is 1. The smallest absolute Gasteiger partial charge is 0.231 e. The average molecular weight is 427 g/mol. The number of carbonyl (C=O) groups is 1. The summed E-state index contributed by atoms with van der Waals surface area (Å²) < 4.78 is 18.0. The molecular weight excluding hydrogens is 402 g/mol. The van der Waals surface area contributed by atoms with Crippen LogP contribution in [0.5, 0.6) is 17.2 Å². The fraction of sp³-hybridized carbons (Fsp3) is 0.400. The van der Waals surface area contributed by atoms with Crippen LogP contribution in [-0.4, -0.2) is 64.7 Å². The summed E-state index contributed by atoms with van der Waals surface area (Å²) in [6, 6.07) is 3.50. The summed E-state index contributed by atoms with van der Waals surface area (Å²) in [5, 5.41) is 3.14. The number of hydrogen-bond acceptors (Lipinski definition) is 9. The standard InChI is InChI=1S/C20H25N7O4/c1-29-13-9-12(10-14(30-2)17(13)31-3)23-20-24-18(21)16-19(25-20)27(11-22-16)8-7-26-6-4-5-15(26)28/h9-11H,4-8H2,1-3H3,(H3,21,23,24,25). The number of amides is 1. The fourth-order valence-electron chi connectivity index (χ4n) is 3.64. The number of ether oxygens (including phenoxy) is 3. The lowest BCUT2D eigenvalue weighted by Crippen LogP contribution is -2.28. The number of imidazole rings is 1. The minimum Gasteiger partial charge on any atom is -0.493 e. The zero-order valence-electron chi connectivity index (χ0n) is 17.7. The van der Waals surface area contributed by atoms with E-state index in [4.69, 9.17) is 19.9 Å². The molecule has 3 aromatic rings. The van der Waals surface area contributed by atoms with Gasteiger partial charge in [-0.2, -0.15) is 9.97 Å². The molecule has 11 heteroatoms. The molecule has 3 heterocycles. The summed E-state index contributed by atoms with van der Waals surface area (Å²) in [5.74, 6) is 2.23. The first-order valence-electron chi connectivity index (χ1n) is 9.87. The van der Waals surface area contributed by atoms with E-state index >= 15 is 0 Å². The summed E-state index contributed by atoms with van der Waals surface area (Å²) in [7, 11) is 4.64. The minimum absolute atomic E-state index is 0.184. The van der Waals surface area contributed by atoms with E-state index in [0.29, 0.717) is 59.6 Å². The van der Waals surface area contributed by atoms with E-state index in [0.717, 1.165) is 13.0 Å². The summed E-state index contributed by atoms with van der Waals surface area (Å²) in [5.41, 5.74) is 7.87. The van der Waals surface area contributed by atoms with E-state index in [-0.39, 0.29) is 11.7 Å². The summed E-state index contributed by atoms with van der Waals surface area (Å²) in [6.45, 7) is 1.96. The van der Waals surface area contributed by atoms with Gasteiger partial charge in [-0.1, -0.05) is 0 Å². The van der Waals surface area contributed by atoms with E-state index in [1.54, 1.807) is 39.8 Å². The van der Waals surface area contributed by atoms with E-state index in [9.17, 15) is 4.79 Å². The SMILES string of the molecule is COc1cc(Nc2nc(N)c3ncn(CCN4CCCC4=O)c3n2)cc(OC)c1OC. The van der Waals surface area contributed by atoms with Gasteiger partial charge in [0.2, 0.25) is 17.6 Å². The van der Waals surface area contributed by atoms with Gasteiger partial charge in [-0.3, -0.25) is 4.79 Å². The van der Waals surface area contributed by atoms with Crippen LogP contribution in [0, 0.1) is 0 Å². The summed E-state index contributed by atoms with van der Waals surface area (Å²) in [6.07, 6.45) is 3.18. The Labute approximate surface area is 179 Å². The van der Waals surface area contributed by atoms with Crippen LogP contribution >= 0.6 is 0 Å². The first-order valence-corrected chi connectivity index (χ1v) is 9.87. The molecule has 0 unspecified atom stereocenters. The Morgan fingerprint density at radius 2 is 1.84 bits per heavy atom. The highest BCUT2D eigenvalue weighted by atomic mass is 16.5. The van der Waals surface area contributed by atoms with Crippen molar-refractivity contribution in [3.63, 3.8) is 0 Å². The number of anilines is 3. The average Bonchev–Trinajstić information content (AvgIpc) is 3.37. The van der Waals surface area contributed by atoms with Crippen molar-refractivity contribution < 1.29 is 19.0 Å². The quantitative estimate of drug-likeness (QED) is 0.552. The Balaban J connectivity index is 1.62. The van der Waals surface area contributed by atoms with Crippen molar-refractivity contribution in [3.8, 4) is 17.2 Å². The third kappa shape index (κ3) is 3.98. The number of aromatic nitrogens is 4. The van der Waals surface area contributed by atoms with Crippen LogP contribution in [0.1, 0.15) is 12.8 Å². The maximum Gasteiger partial charge on any atom is 0.231 e. The fourth-order valence-corrected chi connectivity index (χ4v) is 3.64. The highest BCUT2D eigenvalue weighted by Crippen LogP contribution is 2.40. The molecule has 164 valence electrons. The van der Waals surface area contributed by atoms with Crippen LogP contribution in [0.25, 0.3) is 11.2 Å². The molecule has 0 aliphatic carbocycles. The number of nitrogens with two attached hydrogens (primary N) is 1. The molecule has 1 aromatic carbocycles. The lowest BCUT2D eigenvalue weighted by molar-refractivity contribution is -0.127. The Kier molecular flexibility index (Phi) is 5.65. The third-order valence-corrected chi connectivity index (χ3v) is 5.19. The first-order chi connectivity index (χ1) is 15.0. The van der Waals surface area contributed by atoms with Crippen molar-refractivity contribution in [2.75, 3.05) is 45.5 Å². The number of rotatable bonds is 8. The third-order valence-electron chi connectivity index (χ3n) is 5.19. The number of nitrogens with zero attached hydrogens (tertiary/aromatic N) is 5. The molecule has 0 bridgehead atoms. The predicted molar refractivity (Wildman–Crippen MR) is 115 cm³/mol.